The number of aromatic nitrogens is 1. The van der Waals surface area contributed by atoms with E-state index in [1.165, 1.54) is 18.4 Å². The summed E-state index contributed by atoms with van der Waals surface area (Å²) < 4.78 is 0. The fraction of sp³-hybridized carbons (Fsp3) is 0.333. The van der Waals surface area contributed by atoms with Gasteiger partial charge in [0.05, 0.1) is 6.57 Å². The lowest BCUT2D eigenvalue weighted by atomic mass is 10.2. The second kappa shape index (κ2) is 2.35. The van der Waals surface area contributed by atoms with Crippen LogP contribution in [0.1, 0.15) is 24.3 Å². The molecule has 0 aromatic carbocycles. The van der Waals surface area contributed by atoms with E-state index in [1.54, 1.807) is 6.20 Å². The highest BCUT2D eigenvalue weighted by Crippen LogP contribution is 2.40. The second-order valence-corrected chi connectivity index (χ2v) is 2.86. The van der Waals surface area contributed by atoms with E-state index >= 15 is 0 Å². The summed E-state index contributed by atoms with van der Waals surface area (Å²) in [6.45, 7) is 6.79. The summed E-state index contributed by atoms with van der Waals surface area (Å²) in [6.07, 6.45) is 6.01. The summed E-state index contributed by atoms with van der Waals surface area (Å²) in [6, 6.07) is 1.94. The first-order valence-electron chi connectivity index (χ1n) is 3.72. The van der Waals surface area contributed by atoms with Crippen LogP contribution in [0.15, 0.2) is 18.5 Å². The SMILES string of the molecule is [C-]#[N+]c1cncc(C2CC2)c1. The number of nitrogens with zero attached hydrogens (tertiary/aromatic N) is 2. The van der Waals surface area contributed by atoms with E-state index in [1.807, 2.05) is 12.3 Å². The minimum Gasteiger partial charge on any atom is -0.276 e. The zero-order chi connectivity index (χ0) is 7.68. The van der Waals surface area contributed by atoms with Crippen LogP contribution >= 0.6 is 0 Å². The van der Waals surface area contributed by atoms with Crippen molar-refractivity contribution in [1.82, 2.24) is 4.98 Å². The summed E-state index contributed by atoms with van der Waals surface area (Å²) in [5, 5.41) is 0. The molecule has 0 unspecified atom stereocenters. The summed E-state index contributed by atoms with van der Waals surface area (Å²) in [5.41, 5.74) is 1.90. The molecule has 2 heteroatoms. The molecule has 2 rings (SSSR count). The van der Waals surface area contributed by atoms with Gasteiger partial charge < -0.3 is 0 Å². The molecule has 0 radical (unpaired) electrons. The van der Waals surface area contributed by atoms with E-state index in [2.05, 4.69) is 9.83 Å². The van der Waals surface area contributed by atoms with Crippen molar-refractivity contribution in [1.29, 1.82) is 0 Å². The van der Waals surface area contributed by atoms with Crippen molar-refractivity contribution in [2.24, 2.45) is 0 Å². The average Bonchev–Trinajstić information content (AvgIpc) is 2.87. The van der Waals surface area contributed by atoms with Gasteiger partial charge in [-0.05, 0) is 30.4 Å². The summed E-state index contributed by atoms with van der Waals surface area (Å²) >= 11 is 0. The molecule has 0 atom stereocenters. The van der Waals surface area contributed by atoms with Gasteiger partial charge in [0, 0.05) is 12.4 Å². The fourth-order valence-corrected chi connectivity index (χ4v) is 1.15. The van der Waals surface area contributed by atoms with E-state index < -0.39 is 0 Å². The van der Waals surface area contributed by atoms with Crippen molar-refractivity contribution in [2.45, 2.75) is 18.8 Å². The van der Waals surface area contributed by atoms with Gasteiger partial charge in [-0.15, -0.1) is 0 Å². The molecular formula is C9H8N2. The van der Waals surface area contributed by atoms with Gasteiger partial charge in [-0.3, -0.25) is 4.98 Å². The maximum absolute atomic E-state index is 6.79. The number of rotatable bonds is 1. The Morgan fingerprint density at radius 1 is 1.45 bits per heavy atom. The van der Waals surface area contributed by atoms with Gasteiger partial charge >= 0.3 is 0 Å². The molecule has 1 aromatic heterocycles. The molecule has 1 aliphatic carbocycles. The third-order valence-corrected chi connectivity index (χ3v) is 1.92. The molecule has 0 aliphatic heterocycles. The van der Waals surface area contributed by atoms with Crippen molar-refractivity contribution >= 4 is 5.69 Å². The highest BCUT2D eigenvalue weighted by molar-refractivity contribution is 5.45. The van der Waals surface area contributed by atoms with Crippen LogP contribution in [-0.4, -0.2) is 4.98 Å². The maximum atomic E-state index is 6.79. The molecule has 2 nitrogen and oxygen atoms in total. The smallest absolute Gasteiger partial charge is 0.205 e. The van der Waals surface area contributed by atoms with E-state index in [-0.39, 0.29) is 0 Å². The topological polar surface area (TPSA) is 17.2 Å². The molecule has 1 heterocycles. The predicted molar refractivity (Wildman–Crippen MR) is 42.5 cm³/mol. The van der Waals surface area contributed by atoms with Crippen LogP contribution in [0.4, 0.5) is 5.69 Å². The first-order valence-corrected chi connectivity index (χ1v) is 3.72. The third kappa shape index (κ3) is 1.22. The average molecular weight is 144 g/mol. The lowest BCUT2D eigenvalue weighted by Gasteiger charge is -1.95. The first-order chi connectivity index (χ1) is 5.40. The molecule has 11 heavy (non-hydrogen) atoms. The minimum atomic E-state index is 0.661. The van der Waals surface area contributed by atoms with Gasteiger partial charge in [0.15, 0.2) is 0 Å². The molecule has 0 N–H and O–H groups in total. The van der Waals surface area contributed by atoms with Crippen molar-refractivity contribution in [3.8, 4) is 0 Å². The third-order valence-electron chi connectivity index (χ3n) is 1.92. The van der Waals surface area contributed by atoms with E-state index in [4.69, 9.17) is 6.57 Å². The van der Waals surface area contributed by atoms with Gasteiger partial charge in [-0.1, -0.05) is 0 Å². The van der Waals surface area contributed by atoms with E-state index in [0.29, 0.717) is 11.6 Å². The standard InChI is InChI=1S/C9H8N2/c1-10-9-4-8(5-11-6-9)7-2-3-7/h4-7H,2-3H2. The lowest BCUT2D eigenvalue weighted by Crippen LogP contribution is -1.79. The Bertz CT molecular complexity index is 308. The number of pyridine rings is 1. The highest BCUT2D eigenvalue weighted by Gasteiger charge is 2.23. The van der Waals surface area contributed by atoms with Crippen LogP contribution in [0, 0.1) is 6.57 Å². The quantitative estimate of drug-likeness (QED) is 0.553. The number of hydrogen-bond acceptors (Lipinski definition) is 1. The Morgan fingerprint density at radius 2 is 2.27 bits per heavy atom. The summed E-state index contributed by atoms with van der Waals surface area (Å²) in [5.74, 6) is 0.698. The van der Waals surface area contributed by atoms with Gasteiger partial charge in [0.1, 0.15) is 0 Å². The zero-order valence-electron chi connectivity index (χ0n) is 6.12. The highest BCUT2D eigenvalue weighted by atomic mass is 14.7. The molecule has 0 amide bonds. The van der Waals surface area contributed by atoms with Crippen molar-refractivity contribution in [2.75, 3.05) is 0 Å². The largest absolute Gasteiger partial charge is 0.276 e. The molecule has 1 aromatic rings. The van der Waals surface area contributed by atoms with Crippen LogP contribution in [0.3, 0.4) is 0 Å². The van der Waals surface area contributed by atoms with E-state index in [9.17, 15) is 0 Å². The fourth-order valence-electron chi connectivity index (χ4n) is 1.15. The molecule has 0 bridgehead atoms. The second-order valence-electron chi connectivity index (χ2n) is 2.86. The Labute approximate surface area is 65.7 Å². The minimum absolute atomic E-state index is 0.661. The van der Waals surface area contributed by atoms with Gasteiger partial charge in [0.2, 0.25) is 5.69 Å². The van der Waals surface area contributed by atoms with Crippen molar-refractivity contribution in [3.05, 3.63) is 35.4 Å². The molecule has 1 aliphatic rings. The van der Waals surface area contributed by atoms with Crippen LogP contribution in [0.5, 0.6) is 0 Å². The maximum Gasteiger partial charge on any atom is 0.205 e. The Balaban J connectivity index is 2.35. The Hall–Kier alpha value is -1.36. The van der Waals surface area contributed by atoms with Crippen LogP contribution in [0.2, 0.25) is 0 Å². The van der Waals surface area contributed by atoms with Gasteiger partial charge in [-0.25, -0.2) is 4.85 Å². The van der Waals surface area contributed by atoms with Crippen LogP contribution < -0.4 is 0 Å². The monoisotopic (exact) mass is 144 g/mol. The predicted octanol–water partition coefficient (Wildman–Crippen LogP) is 2.51. The van der Waals surface area contributed by atoms with Crippen LogP contribution in [0.25, 0.3) is 4.85 Å². The normalized spacial score (nSPS) is 15.9. The summed E-state index contributed by atoms with van der Waals surface area (Å²) in [4.78, 5) is 7.33. The Kier molecular flexibility index (Phi) is 1.36. The van der Waals surface area contributed by atoms with Crippen LogP contribution in [-0.2, 0) is 0 Å². The molecule has 54 valence electrons. The first kappa shape index (κ1) is 6.36. The molecule has 1 saturated carbocycles. The summed E-state index contributed by atoms with van der Waals surface area (Å²) in [7, 11) is 0. The molecule has 1 fully saturated rings. The number of hydrogen-bond donors (Lipinski definition) is 0. The molecule has 0 spiro atoms. The molecule has 0 saturated heterocycles. The van der Waals surface area contributed by atoms with Gasteiger partial charge in [-0.2, -0.15) is 0 Å². The van der Waals surface area contributed by atoms with Crippen molar-refractivity contribution in [3.63, 3.8) is 0 Å². The zero-order valence-corrected chi connectivity index (χ0v) is 6.12. The van der Waals surface area contributed by atoms with E-state index in [0.717, 1.165) is 0 Å². The van der Waals surface area contributed by atoms with Crippen molar-refractivity contribution < 1.29 is 0 Å². The molecular weight excluding hydrogens is 136 g/mol. The Morgan fingerprint density at radius 3 is 2.91 bits per heavy atom. The van der Waals surface area contributed by atoms with Gasteiger partial charge in [0.25, 0.3) is 0 Å². The lowest BCUT2D eigenvalue weighted by molar-refractivity contribution is 1.10.